The van der Waals surface area contributed by atoms with E-state index in [1.807, 2.05) is 0 Å². The van der Waals surface area contributed by atoms with Crippen LogP contribution in [0, 0.1) is 5.41 Å². The van der Waals surface area contributed by atoms with Crippen molar-refractivity contribution in [1.29, 1.82) is 5.41 Å². The summed E-state index contributed by atoms with van der Waals surface area (Å²) in [5, 5.41) is 7.85. The number of ketones is 1. The van der Waals surface area contributed by atoms with Crippen molar-refractivity contribution >= 4 is 28.6 Å². The van der Waals surface area contributed by atoms with Gasteiger partial charge in [0.2, 0.25) is 5.78 Å². The maximum Gasteiger partial charge on any atom is 0.200 e. The number of carbonyl (C=O) groups excluding carboxylic acids is 1. The third-order valence-corrected chi connectivity index (χ3v) is 3.64. The molecule has 2 heterocycles. The second-order valence-electron chi connectivity index (χ2n) is 5.09. The van der Waals surface area contributed by atoms with Crippen LogP contribution in [0.25, 0.3) is 16.6 Å². The molecule has 0 aliphatic heterocycles. The third-order valence-electron chi connectivity index (χ3n) is 3.64. The van der Waals surface area contributed by atoms with E-state index >= 15 is 0 Å². The normalized spacial score (nSPS) is 13.9. The van der Waals surface area contributed by atoms with Gasteiger partial charge < -0.3 is 10.4 Å². The summed E-state index contributed by atoms with van der Waals surface area (Å²) >= 11 is 0. The maximum absolute atomic E-state index is 13.9. The number of aromatic nitrogens is 2. The highest BCUT2D eigenvalue weighted by Gasteiger charge is 2.23. The lowest BCUT2D eigenvalue weighted by Crippen LogP contribution is -2.05. The van der Waals surface area contributed by atoms with Crippen molar-refractivity contribution in [1.82, 2.24) is 9.97 Å². The number of Topliss-reactive ketones (excluding diaryl/α,β-unsaturated/α-hetero) is 1. The van der Waals surface area contributed by atoms with Crippen molar-refractivity contribution in [2.75, 3.05) is 0 Å². The van der Waals surface area contributed by atoms with Crippen LogP contribution in [0.2, 0.25) is 0 Å². The van der Waals surface area contributed by atoms with E-state index in [0.717, 1.165) is 13.0 Å². The Hall–Kier alpha value is -2.89. The summed E-state index contributed by atoms with van der Waals surface area (Å²) in [6.45, 7) is 4.22. The van der Waals surface area contributed by atoms with Gasteiger partial charge in [-0.05, 0) is 32.4 Å². The topological polar surface area (TPSA) is 69.6 Å². The molecule has 0 spiro atoms. The monoisotopic (exact) mass is 329 g/mol. The van der Waals surface area contributed by atoms with Gasteiger partial charge in [-0.3, -0.25) is 4.79 Å². The predicted octanol–water partition coefficient (Wildman–Crippen LogP) is 4.92. The fourth-order valence-corrected chi connectivity index (χ4v) is 2.39. The molecule has 0 atom stereocenters. The van der Waals surface area contributed by atoms with Gasteiger partial charge in [-0.25, -0.2) is 13.8 Å². The first kappa shape index (κ1) is 17.5. The number of fused-ring (bicyclic) bond motifs is 1. The number of H-pyrrole nitrogens is 1. The molecule has 0 aromatic carbocycles. The van der Waals surface area contributed by atoms with Crippen LogP contribution in [0.1, 0.15) is 36.7 Å². The summed E-state index contributed by atoms with van der Waals surface area (Å²) < 4.78 is 27.6. The number of hydrogen-bond donors (Lipinski definition) is 2. The van der Waals surface area contributed by atoms with Crippen molar-refractivity contribution in [3.8, 4) is 0 Å². The van der Waals surface area contributed by atoms with Crippen LogP contribution in [-0.4, -0.2) is 22.0 Å². The summed E-state index contributed by atoms with van der Waals surface area (Å²) in [6, 6.07) is 1.67. The van der Waals surface area contributed by atoms with Crippen molar-refractivity contribution < 1.29 is 13.6 Å². The van der Waals surface area contributed by atoms with Crippen LogP contribution in [0.4, 0.5) is 8.78 Å². The molecule has 0 unspecified atom stereocenters. The summed E-state index contributed by atoms with van der Waals surface area (Å²) in [5.41, 5.74) is 1.23. The van der Waals surface area contributed by atoms with Gasteiger partial charge in [-0.15, -0.1) is 0 Å². The molecule has 0 bridgehead atoms. The standard InChI is InChI=1S/C18H17F2N3O/c1-4-11(7-21)12-6-13-14(9-23-18(13)22-8-12)17(24)16(10(3)19)15(20)5-2/h4-9,21H,1-3H3,(H,22,23)/b11-4+,15-5+,16-10-,21-7?. The lowest BCUT2D eigenvalue weighted by molar-refractivity contribution is 0.103. The SMILES string of the molecule is C/C=C(\C=N)c1cnc2[nH]cc(C(=O)C(/C(F)=C\C)=C(/C)F)c2c1. The molecule has 2 N–H and O–H groups in total. The minimum Gasteiger partial charge on any atom is -0.345 e. The van der Waals surface area contributed by atoms with Crippen molar-refractivity contribution in [2.45, 2.75) is 20.8 Å². The van der Waals surface area contributed by atoms with E-state index in [1.54, 1.807) is 25.3 Å². The molecular weight excluding hydrogens is 312 g/mol. The summed E-state index contributed by atoms with van der Waals surface area (Å²) in [7, 11) is 0. The average Bonchev–Trinajstić information content (AvgIpc) is 2.98. The fourth-order valence-electron chi connectivity index (χ4n) is 2.39. The number of nitrogens with one attached hydrogen (secondary N) is 2. The highest BCUT2D eigenvalue weighted by Crippen LogP contribution is 2.27. The molecule has 0 aliphatic rings. The smallest absolute Gasteiger partial charge is 0.200 e. The lowest BCUT2D eigenvalue weighted by atomic mass is 10.00. The van der Waals surface area contributed by atoms with Gasteiger partial charge in [-0.1, -0.05) is 12.2 Å². The van der Waals surface area contributed by atoms with E-state index in [0.29, 0.717) is 22.2 Å². The van der Waals surface area contributed by atoms with E-state index < -0.39 is 23.0 Å². The summed E-state index contributed by atoms with van der Waals surface area (Å²) in [6.07, 6.45) is 6.91. The van der Waals surface area contributed by atoms with Gasteiger partial charge in [0.1, 0.15) is 17.3 Å². The molecule has 124 valence electrons. The zero-order valence-corrected chi connectivity index (χ0v) is 13.6. The van der Waals surface area contributed by atoms with Gasteiger partial charge in [-0.2, -0.15) is 0 Å². The Morgan fingerprint density at radius 2 is 2.00 bits per heavy atom. The van der Waals surface area contributed by atoms with Gasteiger partial charge in [0.15, 0.2) is 0 Å². The van der Waals surface area contributed by atoms with E-state index in [-0.39, 0.29) is 5.56 Å². The summed E-state index contributed by atoms with van der Waals surface area (Å²) in [4.78, 5) is 19.6. The molecule has 0 radical (unpaired) electrons. The molecular formula is C18H17F2N3O. The van der Waals surface area contributed by atoms with Crippen LogP contribution >= 0.6 is 0 Å². The Labute approximate surface area is 138 Å². The number of allylic oxidation sites excluding steroid dienone is 6. The van der Waals surface area contributed by atoms with E-state index in [4.69, 9.17) is 5.41 Å². The number of carbonyl (C=O) groups is 1. The molecule has 24 heavy (non-hydrogen) atoms. The molecule has 0 saturated carbocycles. The molecule has 2 aromatic rings. The van der Waals surface area contributed by atoms with Crippen LogP contribution in [-0.2, 0) is 0 Å². The Morgan fingerprint density at radius 1 is 1.29 bits per heavy atom. The van der Waals surface area contributed by atoms with E-state index in [1.165, 1.54) is 19.3 Å². The maximum atomic E-state index is 13.9. The number of aromatic amines is 1. The highest BCUT2D eigenvalue weighted by atomic mass is 19.1. The lowest BCUT2D eigenvalue weighted by Gasteiger charge is -2.05. The van der Waals surface area contributed by atoms with Gasteiger partial charge in [0.05, 0.1) is 5.57 Å². The van der Waals surface area contributed by atoms with E-state index in [2.05, 4.69) is 9.97 Å². The van der Waals surface area contributed by atoms with Crippen molar-refractivity contribution in [3.63, 3.8) is 0 Å². The molecule has 4 nitrogen and oxygen atoms in total. The minimum atomic E-state index is -0.910. The number of halogens is 2. The first-order valence-electron chi connectivity index (χ1n) is 7.32. The quantitative estimate of drug-likeness (QED) is 0.354. The number of hydrogen-bond acceptors (Lipinski definition) is 3. The number of pyridine rings is 1. The second-order valence-corrected chi connectivity index (χ2v) is 5.09. The Bertz CT molecular complexity index is 900. The van der Waals surface area contributed by atoms with Crippen molar-refractivity contribution in [2.24, 2.45) is 0 Å². The average molecular weight is 329 g/mol. The van der Waals surface area contributed by atoms with Crippen LogP contribution in [0.3, 0.4) is 0 Å². The number of nitrogens with zero attached hydrogens (tertiary/aromatic N) is 1. The third kappa shape index (κ3) is 3.08. The second kappa shape index (κ2) is 7.12. The molecule has 0 aliphatic carbocycles. The Morgan fingerprint density at radius 3 is 2.54 bits per heavy atom. The van der Waals surface area contributed by atoms with Crippen LogP contribution in [0.5, 0.6) is 0 Å². The minimum absolute atomic E-state index is 0.129. The van der Waals surface area contributed by atoms with Crippen LogP contribution < -0.4 is 0 Å². The zero-order chi connectivity index (χ0) is 17.9. The van der Waals surface area contributed by atoms with Gasteiger partial charge >= 0.3 is 0 Å². The highest BCUT2D eigenvalue weighted by molar-refractivity contribution is 6.18. The molecule has 0 amide bonds. The van der Waals surface area contributed by atoms with Gasteiger partial charge in [0.25, 0.3) is 0 Å². The Balaban J connectivity index is 2.65. The fraction of sp³-hybridized carbons (Fsp3) is 0.167. The summed E-state index contributed by atoms with van der Waals surface area (Å²) in [5.74, 6) is -2.55. The van der Waals surface area contributed by atoms with Crippen LogP contribution in [0.15, 0.2) is 47.8 Å². The molecule has 0 saturated heterocycles. The largest absolute Gasteiger partial charge is 0.345 e. The molecule has 2 aromatic heterocycles. The first-order chi connectivity index (χ1) is 11.4. The number of rotatable bonds is 5. The molecule has 0 fully saturated rings. The first-order valence-corrected chi connectivity index (χ1v) is 7.32. The zero-order valence-electron chi connectivity index (χ0n) is 13.6. The molecule has 2 rings (SSSR count). The van der Waals surface area contributed by atoms with E-state index in [9.17, 15) is 13.6 Å². The predicted molar refractivity (Wildman–Crippen MR) is 91.5 cm³/mol. The Kier molecular flexibility index (Phi) is 5.18. The molecule has 6 heteroatoms. The van der Waals surface area contributed by atoms with Gasteiger partial charge in [0, 0.05) is 35.1 Å². The van der Waals surface area contributed by atoms with Crippen molar-refractivity contribution in [3.05, 3.63) is 59.0 Å².